The lowest BCUT2D eigenvalue weighted by Gasteiger charge is -1.98. The Morgan fingerprint density at radius 3 is 2.72 bits per heavy atom. The number of nitrogens with two attached hydrogens (primary N) is 1. The first-order valence-electron chi connectivity index (χ1n) is 4.67. The Morgan fingerprint density at radius 2 is 2.17 bits per heavy atom. The number of hydrogen-bond donors (Lipinski definition) is 1. The minimum absolute atomic E-state index is 0.0847. The minimum Gasteiger partial charge on any atom is -0.374 e. The molecule has 0 aliphatic heterocycles. The van der Waals surface area contributed by atoms with Gasteiger partial charge in [0.15, 0.2) is 16.6 Å². The zero-order valence-corrected chi connectivity index (χ0v) is 10.4. The minimum atomic E-state index is -0.155. The van der Waals surface area contributed by atoms with Crippen LogP contribution in [0.4, 0.5) is 5.13 Å². The van der Waals surface area contributed by atoms with Crippen LogP contribution in [-0.4, -0.2) is 21.4 Å². The molecule has 0 aliphatic carbocycles. The molecule has 2 rings (SSSR count). The van der Waals surface area contributed by atoms with Gasteiger partial charge in [0.2, 0.25) is 5.82 Å². The van der Waals surface area contributed by atoms with Gasteiger partial charge < -0.3 is 10.6 Å². The Morgan fingerprint density at radius 1 is 1.44 bits per heavy atom. The molecule has 91 valence electrons. The zero-order chi connectivity index (χ0) is 13.0. The highest BCUT2D eigenvalue weighted by Crippen LogP contribution is 2.16. The Balaban J connectivity index is 2.15. The van der Waals surface area contributed by atoms with E-state index in [1.807, 2.05) is 0 Å². The summed E-state index contributed by atoms with van der Waals surface area (Å²) < 4.78 is 3.82. The van der Waals surface area contributed by atoms with Crippen molar-refractivity contribution in [3.63, 3.8) is 0 Å². The number of rotatable bonds is 4. The highest BCUT2D eigenvalue weighted by Gasteiger charge is 2.11. The van der Waals surface area contributed by atoms with E-state index < -0.39 is 0 Å². The fourth-order valence-corrected chi connectivity index (χ4v) is 1.59. The molecule has 2 aromatic rings. The maximum Gasteiger partial charge on any atom is 0.261 e. The third-order valence-corrected chi connectivity index (χ3v) is 2.60. The van der Waals surface area contributed by atoms with Crippen LogP contribution in [0.25, 0.3) is 0 Å². The second-order valence-corrected chi connectivity index (χ2v) is 4.26. The highest BCUT2D eigenvalue weighted by atomic mass is 35.5. The zero-order valence-electron chi connectivity index (χ0n) is 8.83. The van der Waals surface area contributed by atoms with Crippen molar-refractivity contribution in [2.24, 2.45) is 5.16 Å². The predicted molar refractivity (Wildman–Crippen MR) is 68.6 cm³/mol. The number of nitrogen functional groups attached to an aromatic ring is 1. The van der Waals surface area contributed by atoms with Gasteiger partial charge in [-0.3, -0.25) is 4.79 Å². The van der Waals surface area contributed by atoms with E-state index in [1.165, 1.54) is 0 Å². The van der Waals surface area contributed by atoms with Crippen molar-refractivity contribution in [3.05, 3.63) is 35.1 Å². The molecule has 0 spiro atoms. The SMILES string of the molecule is Nc1nc(/C([C]=O)=N\Oc2ccc(Cl)cc2)ns1. The highest BCUT2D eigenvalue weighted by molar-refractivity contribution is 7.09. The number of anilines is 1. The summed E-state index contributed by atoms with van der Waals surface area (Å²) in [6.07, 6.45) is 1.59. The van der Waals surface area contributed by atoms with Crippen LogP contribution >= 0.6 is 23.1 Å². The Bertz CT molecular complexity index is 582. The molecular formula is C10H6ClN4O2S. The maximum atomic E-state index is 10.7. The van der Waals surface area contributed by atoms with Gasteiger partial charge in [-0.15, -0.1) is 0 Å². The quantitative estimate of drug-likeness (QED) is 0.680. The molecule has 0 fully saturated rings. The fraction of sp³-hybridized carbons (Fsp3) is 0. The van der Waals surface area contributed by atoms with Gasteiger partial charge in [0.25, 0.3) is 6.29 Å². The van der Waals surface area contributed by atoms with Crippen LogP contribution in [0.2, 0.25) is 5.02 Å². The molecule has 1 aromatic carbocycles. The number of aromatic nitrogens is 2. The molecule has 1 radical (unpaired) electrons. The van der Waals surface area contributed by atoms with Crippen LogP contribution in [0.5, 0.6) is 5.75 Å². The Labute approximate surface area is 111 Å². The molecule has 0 bridgehead atoms. The van der Waals surface area contributed by atoms with E-state index in [1.54, 1.807) is 30.6 Å². The molecule has 8 heteroatoms. The Hall–Kier alpha value is -1.99. The summed E-state index contributed by atoms with van der Waals surface area (Å²) in [6.45, 7) is 0. The third-order valence-electron chi connectivity index (χ3n) is 1.81. The molecule has 1 heterocycles. The van der Waals surface area contributed by atoms with E-state index in [0.29, 0.717) is 10.8 Å². The molecule has 0 atom stereocenters. The molecule has 18 heavy (non-hydrogen) atoms. The van der Waals surface area contributed by atoms with Crippen LogP contribution in [0.3, 0.4) is 0 Å². The molecule has 6 nitrogen and oxygen atoms in total. The van der Waals surface area contributed by atoms with E-state index in [-0.39, 0.29) is 16.7 Å². The summed E-state index contributed by atoms with van der Waals surface area (Å²) in [5, 5.41) is 4.41. The monoisotopic (exact) mass is 281 g/mol. The standard InChI is InChI=1S/C10H6ClN4O2S/c11-6-1-3-7(4-2-6)17-14-8(5-16)9-13-10(12)18-15-9/h1-4H,(H2,12,13,15)/b14-8-. The van der Waals surface area contributed by atoms with Gasteiger partial charge in [-0.1, -0.05) is 16.8 Å². The first kappa shape index (κ1) is 12.5. The number of nitrogens with zero attached hydrogens (tertiary/aromatic N) is 3. The second-order valence-electron chi connectivity index (χ2n) is 3.04. The van der Waals surface area contributed by atoms with Crippen molar-refractivity contribution in [3.8, 4) is 5.75 Å². The first-order chi connectivity index (χ1) is 8.69. The number of oxime groups is 1. The van der Waals surface area contributed by atoms with E-state index in [4.69, 9.17) is 22.2 Å². The molecule has 1 aromatic heterocycles. The van der Waals surface area contributed by atoms with Crippen LogP contribution in [0, 0.1) is 0 Å². The van der Waals surface area contributed by atoms with E-state index in [0.717, 1.165) is 11.5 Å². The summed E-state index contributed by atoms with van der Waals surface area (Å²) in [5.74, 6) is 0.511. The third kappa shape index (κ3) is 3.02. The first-order valence-corrected chi connectivity index (χ1v) is 5.82. The summed E-state index contributed by atoms with van der Waals surface area (Å²) in [4.78, 5) is 19.5. The van der Waals surface area contributed by atoms with Gasteiger partial charge in [-0.05, 0) is 24.3 Å². The normalized spacial score (nSPS) is 11.3. The van der Waals surface area contributed by atoms with Crippen LogP contribution in [0.15, 0.2) is 29.4 Å². The molecule has 0 saturated heterocycles. The lowest BCUT2D eigenvalue weighted by Crippen LogP contribution is -2.07. The van der Waals surface area contributed by atoms with Gasteiger partial charge >= 0.3 is 0 Å². The van der Waals surface area contributed by atoms with Gasteiger partial charge in [0, 0.05) is 16.6 Å². The van der Waals surface area contributed by atoms with E-state index >= 15 is 0 Å². The number of halogens is 1. The predicted octanol–water partition coefficient (Wildman–Crippen LogP) is 1.67. The largest absolute Gasteiger partial charge is 0.374 e. The van der Waals surface area contributed by atoms with Crippen molar-refractivity contribution < 1.29 is 9.63 Å². The van der Waals surface area contributed by atoms with Crippen molar-refractivity contribution in [2.75, 3.05) is 5.73 Å². The van der Waals surface area contributed by atoms with Crippen LogP contribution in [-0.2, 0) is 4.79 Å². The lowest BCUT2D eigenvalue weighted by molar-refractivity contribution is 0.342. The second kappa shape index (κ2) is 5.56. The molecule has 0 unspecified atom stereocenters. The summed E-state index contributed by atoms with van der Waals surface area (Å²) in [7, 11) is 0. The summed E-state index contributed by atoms with van der Waals surface area (Å²) in [6, 6.07) is 6.49. The average Bonchev–Trinajstić information content (AvgIpc) is 2.79. The molecule has 0 saturated carbocycles. The summed E-state index contributed by atoms with van der Waals surface area (Å²) >= 11 is 6.67. The molecule has 2 N–H and O–H groups in total. The van der Waals surface area contributed by atoms with Crippen molar-refractivity contribution >= 4 is 40.3 Å². The van der Waals surface area contributed by atoms with Crippen molar-refractivity contribution in [1.82, 2.24) is 9.36 Å². The lowest BCUT2D eigenvalue weighted by atomic mass is 10.3. The number of benzene rings is 1. The van der Waals surface area contributed by atoms with Crippen molar-refractivity contribution in [2.45, 2.75) is 0 Å². The summed E-state index contributed by atoms with van der Waals surface area (Å²) in [5.41, 5.74) is 5.24. The average molecular weight is 282 g/mol. The van der Waals surface area contributed by atoms with Gasteiger partial charge in [-0.25, -0.2) is 0 Å². The van der Waals surface area contributed by atoms with E-state index in [2.05, 4.69) is 14.5 Å². The Kier molecular flexibility index (Phi) is 3.85. The fourth-order valence-electron chi connectivity index (χ4n) is 1.03. The smallest absolute Gasteiger partial charge is 0.261 e. The maximum absolute atomic E-state index is 10.7. The van der Waals surface area contributed by atoms with Crippen LogP contribution in [0.1, 0.15) is 5.82 Å². The van der Waals surface area contributed by atoms with E-state index in [9.17, 15) is 4.79 Å². The van der Waals surface area contributed by atoms with Gasteiger partial charge in [0.05, 0.1) is 0 Å². The molecular weight excluding hydrogens is 276 g/mol. The van der Waals surface area contributed by atoms with Gasteiger partial charge in [-0.2, -0.15) is 9.36 Å². The molecule has 0 amide bonds. The van der Waals surface area contributed by atoms with Crippen LogP contribution < -0.4 is 10.6 Å². The molecule has 0 aliphatic rings. The number of carbonyl (C=O) groups excluding carboxylic acids is 1. The van der Waals surface area contributed by atoms with Crippen molar-refractivity contribution in [1.29, 1.82) is 0 Å². The number of hydrogen-bond acceptors (Lipinski definition) is 7. The topological polar surface area (TPSA) is 90.5 Å². The van der Waals surface area contributed by atoms with Gasteiger partial charge in [0.1, 0.15) is 0 Å².